The van der Waals surface area contributed by atoms with Crippen molar-refractivity contribution in [2.45, 2.75) is 12.7 Å². The average Bonchev–Trinajstić information content (AvgIpc) is 2.26. The molecule has 78 valence electrons. The van der Waals surface area contributed by atoms with E-state index in [9.17, 15) is 0 Å². The molecular formula is C11H16O3. The van der Waals surface area contributed by atoms with Gasteiger partial charge in [0.15, 0.2) is 6.29 Å². The first-order chi connectivity index (χ1) is 6.81. The number of methoxy groups -OCH3 is 3. The van der Waals surface area contributed by atoms with Gasteiger partial charge in [0.2, 0.25) is 0 Å². The number of hydrogen-bond acceptors (Lipinski definition) is 3. The molecule has 0 heterocycles. The van der Waals surface area contributed by atoms with Gasteiger partial charge in [-0.15, -0.1) is 0 Å². The van der Waals surface area contributed by atoms with E-state index in [4.69, 9.17) is 14.2 Å². The van der Waals surface area contributed by atoms with Gasteiger partial charge in [-0.1, -0.05) is 18.2 Å². The molecule has 0 spiro atoms. The molecule has 1 rings (SSSR count). The molecule has 1 aromatic rings. The van der Waals surface area contributed by atoms with Crippen LogP contribution in [0.1, 0.15) is 5.56 Å². The van der Waals surface area contributed by atoms with Crippen LogP contribution in [0.5, 0.6) is 5.75 Å². The van der Waals surface area contributed by atoms with Gasteiger partial charge >= 0.3 is 0 Å². The van der Waals surface area contributed by atoms with E-state index in [0.29, 0.717) is 6.42 Å². The van der Waals surface area contributed by atoms with Gasteiger partial charge in [0, 0.05) is 20.6 Å². The van der Waals surface area contributed by atoms with Crippen molar-refractivity contribution >= 4 is 0 Å². The molecule has 0 aromatic heterocycles. The van der Waals surface area contributed by atoms with Gasteiger partial charge in [0.1, 0.15) is 5.75 Å². The minimum Gasteiger partial charge on any atom is -0.496 e. The summed E-state index contributed by atoms with van der Waals surface area (Å²) < 4.78 is 15.5. The Labute approximate surface area is 84.6 Å². The van der Waals surface area contributed by atoms with Gasteiger partial charge in [-0.3, -0.25) is 0 Å². The molecule has 0 unspecified atom stereocenters. The monoisotopic (exact) mass is 196 g/mol. The lowest BCUT2D eigenvalue weighted by molar-refractivity contribution is -0.100. The maximum atomic E-state index is 5.22. The Hall–Kier alpha value is -1.06. The van der Waals surface area contributed by atoms with Crippen molar-refractivity contribution in [2.24, 2.45) is 0 Å². The molecule has 0 fully saturated rings. The molecule has 0 aliphatic heterocycles. The normalized spacial score (nSPS) is 10.6. The molecule has 0 aliphatic rings. The second-order valence-electron chi connectivity index (χ2n) is 2.92. The number of ether oxygens (including phenoxy) is 3. The van der Waals surface area contributed by atoms with Crippen molar-refractivity contribution in [2.75, 3.05) is 21.3 Å². The van der Waals surface area contributed by atoms with Crippen LogP contribution >= 0.6 is 0 Å². The van der Waals surface area contributed by atoms with Crippen LogP contribution in [0.3, 0.4) is 0 Å². The summed E-state index contributed by atoms with van der Waals surface area (Å²) in [5.41, 5.74) is 1.09. The lowest BCUT2D eigenvalue weighted by atomic mass is 10.1. The fourth-order valence-corrected chi connectivity index (χ4v) is 1.31. The van der Waals surface area contributed by atoms with Gasteiger partial charge in [-0.25, -0.2) is 0 Å². The van der Waals surface area contributed by atoms with E-state index in [1.165, 1.54) is 0 Å². The van der Waals surface area contributed by atoms with Crippen LogP contribution in [-0.4, -0.2) is 27.6 Å². The van der Waals surface area contributed by atoms with E-state index in [-0.39, 0.29) is 6.29 Å². The van der Waals surface area contributed by atoms with Crippen LogP contribution in [0.4, 0.5) is 0 Å². The molecule has 3 heteroatoms. The Kier molecular flexibility index (Phi) is 4.43. The van der Waals surface area contributed by atoms with Crippen molar-refractivity contribution < 1.29 is 14.2 Å². The minimum absolute atomic E-state index is 0.216. The number of para-hydroxylation sites is 1. The highest BCUT2D eigenvalue weighted by molar-refractivity contribution is 5.33. The third-order valence-electron chi connectivity index (χ3n) is 2.10. The van der Waals surface area contributed by atoms with Gasteiger partial charge in [-0.05, 0) is 11.6 Å². The Balaban J connectivity index is 2.74. The van der Waals surface area contributed by atoms with Crippen molar-refractivity contribution in [3.63, 3.8) is 0 Å². The van der Waals surface area contributed by atoms with Crippen LogP contribution in [0, 0.1) is 0 Å². The van der Waals surface area contributed by atoms with Crippen molar-refractivity contribution in [3.05, 3.63) is 29.8 Å². The van der Waals surface area contributed by atoms with E-state index in [1.807, 2.05) is 24.3 Å². The maximum absolute atomic E-state index is 5.22. The first kappa shape index (κ1) is 11.0. The van der Waals surface area contributed by atoms with Crippen LogP contribution in [0.25, 0.3) is 0 Å². The summed E-state index contributed by atoms with van der Waals surface area (Å²) in [6.45, 7) is 0. The summed E-state index contributed by atoms with van der Waals surface area (Å²) in [5.74, 6) is 0.867. The quantitative estimate of drug-likeness (QED) is 0.673. The van der Waals surface area contributed by atoms with Gasteiger partial charge in [0.25, 0.3) is 0 Å². The van der Waals surface area contributed by atoms with Crippen LogP contribution in [-0.2, 0) is 15.9 Å². The molecule has 14 heavy (non-hydrogen) atoms. The largest absolute Gasteiger partial charge is 0.496 e. The van der Waals surface area contributed by atoms with Crippen molar-refractivity contribution in [3.8, 4) is 5.75 Å². The molecule has 0 atom stereocenters. The molecule has 1 aromatic carbocycles. The Morgan fingerprint density at radius 1 is 1.07 bits per heavy atom. The second kappa shape index (κ2) is 5.62. The molecule has 0 N–H and O–H groups in total. The summed E-state index contributed by atoms with van der Waals surface area (Å²) in [6.07, 6.45) is 0.475. The summed E-state index contributed by atoms with van der Waals surface area (Å²) >= 11 is 0. The summed E-state index contributed by atoms with van der Waals surface area (Å²) in [4.78, 5) is 0. The molecule has 0 radical (unpaired) electrons. The third kappa shape index (κ3) is 2.72. The van der Waals surface area contributed by atoms with Crippen LogP contribution in [0.2, 0.25) is 0 Å². The smallest absolute Gasteiger partial charge is 0.160 e. The first-order valence-electron chi connectivity index (χ1n) is 4.49. The molecule has 0 saturated carbocycles. The van der Waals surface area contributed by atoms with E-state index >= 15 is 0 Å². The number of hydrogen-bond donors (Lipinski definition) is 0. The highest BCUT2D eigenvalue weighted by atomic mass is 16.7. The Morgan fingerprint density at radius 2 is 1.71 bits per heavy atom. The highest BCUT2D eigenvalue weighted by Gasteiger charge is 2.09. The topological polar surface area (TPSA) is 27.7 Å². The fourth-order valence-electron chi connectivity index (χ4n) is 1.31. The van der Waals surface area contributed by atoms with E-state index < -0.39 is 0 Å². The Bertz CT molecular complexity index is 269. The summed E-state index contributed by atoms with van der Waals surface area (Å²) in [5, 5.41) is 0. The second-order valence-corrected chi connectivity index (χ2v) is 2.92. The average molecular weight is 196 g/mol. The van der Waals surface area contributed by atoms with Gasteiger partial charge in [0.05, 0.1) is 7.11 Å². The molecule has 3 nitrogen and oxygen atoms in total. The first-order valence-corrected chi connectivity index (χ1v) is 4.49. The van der Waals surface area contributed by atoms with E-state index in [2.05, 4.69) is 0 Å². The zero-order valence-electron chi connectivity index (χ0n) is 8.82. The molecule has 0 aliphatic carbocycles. The lowest BCUT2D eigenvalue weighted by Crippen LogP contribution is -2.16. The molecule has 0 amide bonds. The molecular weight excluding hydrogens is 180 g/mol. The van der Waals surface area contributed by atoms with Crippen molar-refractivity contribution in [1.82, 2.24) is 0 Å². The third-order valence-corrected chi connectivity index (χ3v) is 2.10. The number of benzene rings is 1. The van der Waals surface area contributed by atoms with E-state index in [1.54, 1.807) is 21.3 Å². The predicted molar refractivity (Wildman–Crippen MR) is 54.5 cm³/mol. The highest BCUT2D eigenvalue weighted by Crippen LogP contribution is 2.19. The fraction of sp³-hybridized carbons (Fsp3) is 0.455. The zero-order valence-corrected chi connectivity index (χ0v) is 8.82. The van der Waals surface area contributed by atoms with Gasteiger partial charge < -0.3 is 14.2 Å². The summed E-state index contributed by atoms with van der Waals surface area (Å²) in [7, 11) is 4.92. The maximum Gasteiger partial charge on any atom is 0.160 e. The SMILES string of the molecule is COc1ccccc1CC(OC)OC. The zero-order chi connectivity index (χ0) is 10.4. The molecule has 0 saturated heterocycles. The van der Waals surface area contributed by atoms with Crippen LogP contribution in [0.15, 0.2) is 24.3 Å². The van der Waals surface area contributed by atoms with Crippen molar-refractivity contribution in [1.29, 1.82) is 0 Å². The van der Waals surface area contributed by atoms with Gasteiger partial charge in [-0.2, -0.15) is 0 Å². The standard InChI is InChI=1S/C11H16O3/c1-12-10-7-5-4-6-9(10)8-11(13-2)14-3/h4-7,11H,8H2,1-3H3. The van der Waals surface area contributed by atoms with Crippen LogP contribution < -0.4 is 4.74 Å². The van der Waals surface area contributed by atoms with E-state index in [0.717, 1.165) is 11.3 Å². The molecule has 0 bridgehead atoms. The summed E-state index contributed by atoms with van der Waals surface area (Å²) in [6, 6.07) is 7.85. The minimum atomic E-state index is -0.216. The Morgan fingerprint density at radius 3 is 2.29 bits per heavy atom. The number of rotatable bonds is 5. The lowest BCUT2D eigenvalue weighted by Gasteiger charge is -2.15. The predicted octanol–water partition coefficient (Wildman–Crippen LogP) is 1.86.